The number of nitrogens with zero attached hydrogens (tertiary/aromatic N) is 2. The molecule has 0 aliphatic rings. The molecule has 0 amide bonds. The maximum Gasteiger partial charge on any atom is 0.180 e. The molecule has 0 spiro atoms. The fourth-order valence-electron chi connectivity index (χ4n) is 3.25. The number of benzene rings is 1. The quantitative estimate of drug-likeness (QED) is 0.803. The van der Waals surface area contributed by atoms with Gasteiger partial charge in [0.2, 0.25) is 0 Å². The summed E-state index contributed by atoms with van der Waals surface area (Å²) in [4.78, 5) is 17.3. The van der Waals surface area contributed by atoms with Gasteiger partial charge in [0.15, 0.2) is 5.43 Å². The maximum atomic E-state index is 11.8. The van der Waals surface area contributed by atoms with E-state index in [1.54, 1.807) is 12.1 Å². The lowest BCUT2D eigenvalue weighted by molar-refractivity contribution is 0.345. The second kappa shape index (κ2) is 5.04. The van der Waals surface area contributed by atoms with Crippen LogP contribution in [0.15, 0.2) is 35.3 Å². The Labute approximate surface area is 124 Å². The van der Waals surface area contributed by atoms with Crippen molar-refractivity contribution in [1.29, 1.82) is 0 Å². The van der Waals surface area contributed by atoms with Crippen LogP contribution in [0.25, 0.3) is 21.8 Å². The number of H-pyrrole nitrogens is 1. The monoisotopic (exact) mass is 283 g/mol. The van der Waals surface area contributed by atoms with Crippen molar-refractivity contribution in [3.63, 3.8) is 0 Å². The fraction of sp³-hybridized carbons (Fsp3) is 0.353. The van der Waals surface area contributed by atoms with E-state index in [0.29, 0.717) is 0 Å². The van der Waals surface area contributed by atoms with Crippen molar-refractivity contribution < 1.29 is 0 Å². The van der Waals surface area contributed by atoms with Crippen molar-refractivity contribution in [2.45, 2.75) is 19.9 Å². The van der Waals surface area contributed by atoms with Gasteiger partial charge in [0.25, 0.3) is 0 Å². The van der Waals surface area contributed by atoms with Crippen molar-refractivity contribution in [3.05, 3.63) is 46.4 Å². The fourth-order valence-corrected chi connectivity index (χ4v) is 3.25. The van der Waals surface area contributed by atoms with Crippen molar-refractivity contribution in [3.8, 4) is 0 Å². The standard InChI is InChI=1S/C17H21N3O/c1-11(10-19(3)4)20-16-9-13(21)5-6-14(16)15-7-8-18-12(2)17(15)20/h5-9,11,18H,10H2,1-4H3. The summed E-state index contributed by atoms with van der Waals surface area (Å²) < 4.78 is 2.29. The minimum atomic E-state index is 0.0604. The number of likely N-dealkylation sites (N-methyl/N-ethyl adjacent to an activating group) is 1. The Morgan fingerprint density at radius 1 is 1.24 bits per heavy atom. The first kappa shape index (κ1) is 13.9. The van der Waals surface area contributed by atoms with Crippen LogP contribution in [-0.4, -0.2) is 35.1 Å². The van der Waals surface area contributed by atoms with Crippen LogP contribution in [0.5, 0.6) is 0 Å². The number of fused-ring (bicyclic) bond motifs is 3. The highest BCUT2D eigenvalue weighted by atomic mass is 16.1. The molecule has 2 heterocycles. The van der Waals surface area contributed by atoms with Crippen LogP contribution < -0.4 is 5.43 Å². The molecule has 1 unspecified atom stereocenters. The average Bonchev–Trinajstić information content (AvgIpc) is 2.73. The molecule has 0 radical (unpaired) electrons. The molecule has 0 fully saturated rings. The van der Waals surface area contributed by atoms with E-state index in [0.717, 1.165) is 23.1 Å². The van der Waals surface area contributed by atoms with Crippen LogP contribution in [0, 0.1) is 6.92 Å². The molecule has 4 heteroatoms. The van der Waals surface area contributed by atoms with E-state index in [1.165, 1.54) is 10.9 Å². The second-order valence-corrected chi connectivity index (χ2v) is 6.03. The molecule has 0 bridgehead atoms. The number of aryl methyl sites for hydroxylation is 1. The predicted molar refractivity (Wildman–Crippen MR) is 88.1 cm³/mol. The van der Waals surface area contributed by atoms with Gasteiger partial charge in [-0.05, 0) is 46.1 Å². The second-order valence-electron chi connectivity index (χ2n) is 6.03. The van der Waals surface area contributed by atoms with Crippen LogP contribution in [0.4, 0.5) is 0 Å². The summed E-state index contributed by atoms with van der Waals surface area (Å²) in [5.74, 6) is 0. The lowest BCUT2D eigenvalue weighted by Gasteiger charge is -2.21. The summed E-state index contributed by atoms with van der Waals surface area (Å²) in [7, 11) is 4.14. The number of aromatic amines is 1. The molecular weight excluding hydrogens is 262 g/mol. The number of aromatic nitrogens is 2. The van der Waals surface area contributed by atoms with Crippen LogP contribution in [0.2, 0.25) is 0 Å². The smallest absolute Gasteiger partial charge is 0.180 e. The van der Waals surface area contributed by atoms with Gasteiger partial charge >= 0.3 is 0 Å². The summed E-state index contributed by atoms with van der Waals surface area (Å²) in [6, 6.07) is 7.72. The lowest BCUT2D eigenvalue weighted by atomic mass is 10.2. The molecule has 21 heavy (non-hydrogen) atoms. The van der Waals surface area contributed by atoms with Crippen LogP contribution in [-0.2, 0) is 0 Å². The summed E-state index contributed by atoms with van der Waals surface area (Å²) in [6.45, 7) is 5.21. The van der Waals surface area contributed by atoms with E-state index < -0.39 is 0 Å². The molecule has 3 aromatic rings. The zero-order chi connectivity index (χ0) is 15.1. The van der Waals surface area contributed by atoms with Gasteiger partial charge in [-0.3, -0.25) is 4.79 Å². The van der Waals surface area contributed by atoms with Gasteiger partial charge in [-0.15, -0.1) is 0 Å². The minimum Gasteiger partial charge on any atom is -0.364 e. The highest BCUT2D eigenvalue weighted by molar-refractivity contribution is 6.08. The minimum absolute atomic E-state index is 0.0604. The van der Waals surface area contributed by atoms with E-state index in [9.17, 15) is 4.79 Å². The van der Waals surface area contributed by atoms with Crippen LogP contribution >= 0.6 is 0 Å². The van der Waals surface area contributed by atoms with E-state index in [-0.39, 0.29) is 11.5 Å². The first-order chi connectivity index (χ1) is 9.99. The third-order valence-electron chi connectivity index (χ3n) is 3.99. The summed E-state index contributed by atoms with van der Waals surface area (Å²) in [5.41, 5.74) is 3.40. The first-order valence-electron chi connectivity index (χ1n) is 7.25. The van der Waals surface area contributed by atoms with E-state index >= 15 is 0 Å². The number of pyridine rings is 1. The van der Waals surface area contributed by atoms with E-state index in [1.807, 2.05) is 12.3 Å². The molecule has 3 rings (SSSR count). The third kappa shape index (κ3) is 2.25. The molecule has 2 aromatic heterocycles. The summed E-state index contributed by atoms with van der Waals surface area (Å²) in [6.07, 6.45) is 1.96. The van der Waals surface area contributed by atoms with Crippen molar-refractivity contribution in [2.24, 2.45) is 0 Å². The summed E-state index contributed by atoms with van der Waals surface area (Å²) >= 11 is 0. The van der Waals surface area contributed by atoms with Crippen molar-refractivity contribution in [2.75, 3.05) is 20.6 Å². The molecule has 1 aromatic carbocycles. The van der Waals surface area contributed by atoms with Gasteiger partial charge in [0, 0.05) is 41.3 Å². The molecule has 1 N–H and O–H groups in total. The van der Waals surface area contributed by atoms with E-state index in [4.69, 9.17) is 0 Å². The van der Waals surface area contributed by atoms with Gasteiger partial charge < -0.3 is 14.5 Å². The van der Waals surface area contributed by atoms with Crippen molar-refractivity contribution >= 4 is 21.8 Å². The Balaban J connectivity index is 2.42. The Morgan fingerprint density at radius 2 is 2.00 bits per heavy atom. The molecule has 0 aliphatic heterocycles. The molecule has 4 nitrogen and oxygen atoms in total. The highest BCUT2D eigenvalue weighted by Crippen LogP contribution is 2.32. The topological polar surface area (TPSA) is 41.0 Å². The largest absolute Gasteiger partial charge is 0.364 e. The molecule has 0 saturated heterocycles. The molecular formula is C17H21N3O. The number of rotatable bonds is 3. The van der Waals surface area contributed by atoms with Gasteiger partial charge in [-0.2, -0.15) is 0 Å². The maximum absolute atomic E-state index is 11.8. The Hall–Kier alpha value is -2.07. The lowest BCUT2D eigenvalue weighted by Crippen LogP contribution is -2.22. The normalized spacial score (nSPS) is 13.4. The Morgan fingerprint density at radius 3 is 2.71 bits per heavy atom. The SMILES string of the molecule is Cc1[nH]ccc2c3ccc(=O)cc3n(C(C)CN(C)C)c12. The zero-order valence-corrected chi connectivity index (χ0v) is 13.0. The van der Waals surface area contributed by atoms with Crippen molar-refractivity contribution in [1.82, 2.24) is 14.5 Å². The summed E-state index contributed by atoms with van der Waals surface area (Å²) in [5, 5.41) is 2.35. The van der Waals surface area contributed by atoms with Gasteiger partial charge in [-0.25, -0.2) is 0 Å². The van der Waals surface area contributed by atoms with Crippen LogP contribution in [0.1, 0.15) is 18.7 Å². The first-order valence-corrected chi connectivity index (χ1v) is 7.25. The molecule has 0 aliphatic carbocycles. The Bertz CT molecular complexity index is 857. The van der Waals surface area contributed by atoms with E-state index in [2.05, 4.69) is 48.5 Å². The Kier molecular flexibility index (Phi) is 3.33. The zero-order valence-electron chi connectivity index (χ0n) is 13.0. The number of hydrogen-bond donors (Lipinski definition) is 1. The highest BCUT2D eigenvalue weighted by Gasteiger charge is 2.17. The van der Waals surface area contributed by atoms with Gasteiger partial charge in [0.1, 0.15) is 0 Å². The molecule has 1 atom stereocenters. The third-order valence-corrected chi connectivity index (χ3v) is 3.99. The average molecular weight is 283 g/mol. The molecule has 110 valence electrons. The molecule has 0 saturated carbocycles. The van der Waals surface area contributed by atoms with Gasteiger partial charge in [0.05, 0.1) is 11.0 Å². The van der Waals surface area contributed by atoms with Crippen LogP contribution in [0.3, 0.4) is 0 Å². The number of hydrogen-bond acceptors (Lipinski definition) is 2. The predicted octanol–water partition coefficient (Wildman–Crippen LogP) is 2.91. The number of nitrogens with one attached hydrogen (secondary N) is 1. The van der Waals surface area contributed by atoms with Gasteiger partial charge in [-0.1, -0.05) is 0 Å².